The standard InChI is InChI=1S/C22H19FN4O3/c1-13(2)22-25-20(27-30-22)11-14-3-9-17(10-4-14)24-21(28)18-12-19(29-26-18)15-5-7-16(23)8-6-15/h3-10,12-13H,11H2,1-2H3,(H,24,28). The molecule has 4 aromatic rings. The first kappa shape index (κ1) is 19.5. The van der Waals surface area contributed by atoms with E-state index < -0.39 is 5.91 Å². The van der Waals surface area contributed by atoms with Crippen molar-refractivity contribution in [2.75, 3.05) is 5.32 Å². The van der Waals surface area contributed by atoms with Crippen molar-refractivity contribution in [3.8, 4) is 11.3 Å². The number of rotatable bonds is 6. The van der Waals surface area contributed by atoms with Crippen molar-refractivity contribution < 1.29 is 18.2 Å². The van der Waals surface area contributed by atoms with Gasteiger partial charge in [-0.3, -0.25) is 4.79 Å². The van der Waals surface area contributed by atoms with Gasteiger partial charge in [0.1, 0.15) is 5.82 Å². The van der Waals surface area contributed by atoms with Crippen LogP contribution >= 0.6 is 0 Å². The molecule has 0 aliphatic heterocycles. The Kier molecular flexibility index (Phi) is 5.38. The molecule has 0 atom stereocenters. The Labute approximate surface area is 171 Å². The van der Waals surface area contributed by atoms with Crippen LogP contribution in [0.1, 0.15) is 47.5 Å². The summed E-state index contributed by atoms with van der Waals surface area (Å²) in [4.78, 5) is 16.8. The van der Waals surface area contributed by atoms with E-state index in [-0.39, 0.29) is 17.4 Å². The average molecular weight is 406 g/mol. The number of anilines is 1. The van der Waals surface area contributed by atoms with Crippen molar-refractivity contribution >= 4 is 11.6 Å². The number of carbonyl (C=O) groups is 1. The normalized spacial score (nSPS) is 11.1. The van der Waals surface area contributed by atoms with Gasteiger partial charge in [0.25, 0.3) is 5.91 Å². The van der Waals surface area contributed by atoms with Crippen LogP contribution in [0.15, 0.2) is 63.6 Å². The Balaban J connectivity index is 1.39. The molecule has 0 radical (unpaired) electrons. The lowest BCUT2D eigenvalue weighted by molar-refractivity contribution is 0.101. The second-order valence-corrected chi connectivity index (χ2v) is 7.11. The molecule has 2 heterocycles. The summed E-state index contributed by atoms with van der Waals surface area (Å²) in [5.74, 6) is 1.05. The van der Waals surface area contributed by atoms with Gasteiger partial charge in [0.15, 0.2) is 17.3 Å². The number of nitrogens with one attached hydrogen (secondary N) is 1. The van der Waals surface area contributed by atoms with Gasteiger partial charge in [-0.1, -0.05) is 36.3 Å². The SMILES string of the molecule is CC(C)c1nc(Cc2ccc(NC(=O)c3cc(-c4ccc(F)cc4)on3)cc2)no1. The number of halogens is 1. The number of hydrogen-bond donors (Lipinski definition) is 1. The first-order valence-electron chi connectivity index (χ1n) is 9.43. The molecular weight excluding hydrogens is 387 g/mol. The van der Waals surface area contributed by atoms with Gasteiger partial charge in [0.2, 0.25) is 5.89 Å². The van der Waals surface area contributed by atoms with Crippen molar-refractivity contribution in [3.63, 3.8) is 0 Å². The Morgan fingerprint density at radius 2 is 1.77 bits per heavy atom. The summed E-state index contributed by atoms with van der Waals surface area (Å²) in [6, 6.07) is 14.6. The minimum Gasteiger partial charge on any atom is -0.355 e. The van der Waals surface area contributed by atoms with Crippen molar-refractivity contribution in [2.45, 2.75) is 26.2 Å². The molecule has 1 N–H and O–H groups in total. The van der Waals surface area contributed by atoms with Gasteiger partial charge in [0.05, 0.1) is 0 Å². The lowest BCUT2D eigenvalue weighted by atomic mass is 10.1. The lowest BCUT2D eigenvalue weighted by Crippen LogP contribution is -2.12. The van der Waals surface area contributed by atoms with E-state index in [9.17, 15) is 9.18 Å². The fourth-order valence-electron chi connectivity index (χ4n) is 2.79. The summed E-state index contributed by atoms with van der Waals surface area (Å²) in [6.45, 7) is 3.98. The van der Waals surface area contributed by atoms with Gasteiger partial charge < -0.3 is 14.4 Å². The van der Waals surface area contributed by atoms with Crippen LogP contribution in [-0.4, -0.2) is 21.2 Å². The third-order valence-electron chi connectivity index (χ3n) is 4.42. The van der Waals surface area contributed by atoms with Crippen LogP contribution in [0.5, 0.6) is 0 Å². The Bertz CT molecular complexity index is 1150. The second-order valence-electron chi connectivity index (χ2n) is 7.11. The molecule has 4 rings (SSSR count). The number of hydrogen-bond acceptors (Lipinski definition) is 6. The lowest BCUT2D eigenvalue weighted by Gasteiger charge is -2.04. The average Bonchev–Trinajstić information content (AvgIpc) is 3.40. The van der Waals surface area contributed by atoms with Crippen molar-refractivity contribution in [3.05, 3.63) is 83.4 Å². The van der Waals surface area contributed by atoms with Gasteiger partial charge in [-0.25, -0.2) is 4.39 Å². The van der Waals surface area contributed by atoms with E-state index in [4.69, 9.17) is 9.05 Å². The van der Waals surface area contributed by atoms with Crippen LogP contribution in [-0.2, 0) is 6.42 Å². The number of nitrogens with zero attached hydrogens (tertiary/aromatic N) is 3. The highest BCUT2D eigenvalue weighted by Crippen LogP contribution is 2.21. The maximum Gasteiger partial charge on any atom is 0.277 e. The molecule has 8 heteroatoms. The fourth-order valence-corrected chi connectivity index (χ4v) is 2.79. The molecule has 0 fully saturated rings. The molecule has 0 saturated heterocycles. The third kappa shape index (κ3) is 4.43. The maximum atomic E-state index is 13.0. The van der Waals surface area contributed by atoms with Crippen LogP contribution < -0.4 is 5.32 Å². The molecule has 2 aromatic heterocycles. The van der Waals surface area contributed by atoms with Gasteiger partial charge in [-0.05, 0) is 42.0 Å². The second kappa shape index (κ2) is 8.28. The summed E-state index contributed by atoms with van der Waals surface area (Å²) in [6.07, 6.45) is 0.536. The Morgan fingerprint density at radius 1 is 1.03 bits per heavy atom. The van der Waals surface area contributed by atoms with E-state index in [0.29, 0.717) is 35.1 Å². The molecule has 7 nitrogen and oxygen atoms in total. The molecule has 2 aromatic carbocycles. The van der Waals surface area contributed by atoms with E-state index in [1.165, 1.54) is 18.2 Å². The monoisotopic (exact) mass is 406 g/mol. The topological polar surface area (TPSA) is 94.1 Å². The minimum absolute atomic E-state index is 0.131. The van der Waals surface area contributed by atoms with Crippen LogP contribution in [0.2, 0.25) is 0 Å². The Hall–Kier alpha value is -3.81. The molecule has 0 aliphatic carbocycles. The van der Waals surface area contributed by atoms with Gasteiger partial charge >= 0.3 is 0 Å². The first-order valence-corrected chi connectivity index (χ1v) is 9.43. The van der Waals surface area contributed by atoms with E-state index in [1.807, 2.05) is 26.0 Å². The zero-order valence-corrected chi connectivity index (χ0v) is 16.4. The van der Waals surface area contributed by atoms with Gasteiger partial charge in [-0.15, -0.1) is 0 Å². The van der Waals surface area contributed by atoms with E-state index in [1.54, 1.807) is 24.3 Å². The highest BCUT2D eigenvalue weighted by molar-refractivity contribution is 6.03. The number of benzene rings is 2. The third-order valence-corrected chi connectivity index (χ3v) is 4.42. The van der Waals surface area contributed by atoms with E-state index in [0.717, 1.165) is 5.56 Å². The molecule has 0 spiro atoms. The smallest absolute Gasteiger partial charge is 0.277 e. The van der Waals surface area contributed by atoms with Crippen LogP contribution in [0.25, 0.3) is 11.3 Å². The predicted octanol–water partition coefficient (Wildman–Crippen LogP) is 4.83. The minimum atomic E-state index is -0.403. The van der Waals surface area contributed by atoms with Crippen LogP contribution in [0, 0.1) is 5.82 Å². The summed E-state index contributed by atoms with van der Waals surface area (Å²) in [7, 11) is 0. The molecule has 0 unspecified atom stereocenters. The summed E-state index contributed by atoms with van der Waals surface area (Å²) >= 11 is 0. The van der Waals surface area contributed by atoms with Gasteiger partial charge in [0, 0.05) is 29.7 Å². The van der Waals surface area contributed by atoms with Gasteiger partial charge in [-0.2, -0.15) is 4.98 Å². The zero-order chi connectivity index (χ0) is 21.1. The predicted molar refractivity (Wildman–Crippen MR) is 107 cm³/mol. The van der Waals surface area contributed by atoms with E-state index >= 15 is 0 Å². The molecule has 1 amide bonds. The van der Waals surface area contributed by atoms with Crippen molar-refractivity contribution in [1.82, 2.24) is 15.3 Å². The fraction of sp³-hybridized carbons (Fsp3) is 0.182. The maximum absolute atomic E-state index is 13.0. The largest absolute Gasteiger partial charge is 0.355 e. The molecule has 152 valence electrons. The molecule has 30 heavy (non-hydrogen) atoms. The number of aromatic nitrogens is 3. The van der Waals surface area contributed by atoms with Crippen molar-refractivity contribution in [2.24, 2.45) is 0 Å². The first-order chi connectivity index (χ1) is 14.5. The molecule has 0 saturated carbocycles. The summed E-state index contributed by atoms with van der Waals surface area (Å²) < 4.78 is 23.4. The number of carbonyl (C=O) groups excluding carboxylic acids is 1. The zero-order valence-electron chi connectivity index (χ0n) is 16.4. The molecule has 0 aliphatic rings. The van der Waals surface area contributed by atoms with E-state index in [2.05, 4.69) is 20.6 Å². The molecule has 0 bridgehead atoms. The van der Waals surface area contributed by atoms with Crippen molar-refractivity contribution in [1.29, 1.82) is 0 Å². The Morgan fingerprint density at radius 3 is 2.43 bits per heavy atom. The number of amides is 1. The van der Waals surface area contributed by atoms with Crippen LogP contribution in [0.4, 0.5) is 10.1 Å². The molecular formula is C22H19FN4O3. The quantitative estimate of drug-likeness (QED) is 0.493. The summed E-state index contributed by atoms with van der Waals surface area (Å²) in [5, 5.41) is 10.5. The highest BCUT2D eigenvalue weighted by Gasteiger charge is 2.15. The highest BCUT2D eigenvalue weighted by atomic mass is 19.1. The van der Waals surface area contributed by atoms with Crippen LogP contribution in [0.3, 0.4) is 0 Å². The summed E-state index contributed by atoms with van der Waals surface area (Å²) in [5.41, 5.74) is 2.37.